The number of aryl methyl sites for hydroxylation is 1. The summed E-state index contributed by atoms with van der Waals surface area (Å²) in [5, 5.41) is 0.490. The van der Waals surface area contributed by atoms with E-state index in [1.165, 1.54) is 15.9 Å². The van der Waals surface area contributed by atoms with Gasteiger partial charge in [0, 0.05) is 13.2 Å². The van der Waals surface area contributed by atoms with Gasteiger partial charge in [0.15, 0.2) is 6.29 Å². The Morgan fingerprint density at radius 3 is 2.67 bits per heavy atom. The number of hydrogen-bond donors (Lipinski definition) is 0. The first-order valence-electron chi connectivity index (χ1n) is 6.82. The molecular weight excluding hydrogens is 292 g/mol. The molecule has 2 aromatic rings. The van der Waals surface area contributed by atoms with E-state index >= 15 is 0 Å². The molecule has 0 aliphatic heterocycles. The van der Waals surface area contributed by atoms with Gasteiger partial charge in [-0.1, -0.05) is 0 Å². The molecule has 7 heteroatoms. The smallest absolute Gasteiger partial charge is 0.332 e. The van der Waals surface area contributed by atoms with Gasteiger partial charge in [0.25, 0.3) is 5.56 Å². The molecule has 112 valence electrons. The number of aromatic nitrogens is 2. The molecule has 0 spiro atoms. The number of carbonyl (C=O) groups excluding carboxylic acids is 1. The monoisotopic (exact) mass is 308 g/mol. The van der Waals surface area contributed by atoms with Crippen LogP contribution in [0.3, 0.4) is 0 Å². The highest BCUT2D eigenvalue weighted by atomic mass is 32.1. The molecule has 3 rings (SSSR count). The van der Waals surface area contributed by atoms with E-state index in [1.807, 2.05) is 0 Å². The second-order valence-electron chi connectivity index (χ2n) is 5.22. The van der Waals surface area contributed by atoms with Gasteiger partial charge in [0.1, 0.15) is 4.83 Å². The van der Waals surface area contributed by atoms with Gasteiger partial charge in [-0.15, -0.1) is 11.3 Å². The highest BCUT2D eigenvalue weighted by molar-refractivity contribution is 7.20. The quantitative estimate of drug-likeness (QED) is 0.781. The van der Waals surface area contributed by atoms with Crippen molar-refractivity contribution < 1.29 is 9.53 Å². The fraction of sp³-hybridized carbons (Fsp3) is 0.500. The Bertz CT molecular complexity index is 826. The van der Waals surface area contributed by atoms with Crippen molar-refractivity contribution >= 4 is 27.8 Å². The van der Waals surface area contributed by atoms with Crippen molar-refractivity contribution in [3.05, 3.63) is 31.3 Å². The van der Waals surface area contributed by atoms with E-state index in [1.54, 1.807) is 18.6 Å². The third kappa shape index (κ3) is 2.16. The summed E-state index contributed by atoms with van der Waals surface area (Å²) in [7, 11) is 1.57. The second kappa shape index (κ2) is 5.23. The second-order valence-corrected chi connectivity index (χ2v) is 6.25. The minimum atomic E-state index is -0.300. The fourth-order valence-electron chi connectivity index (χ4n) is 2.53. The number of carbonyl (C=O) groups is 1. The first kappa shape index (κ1) is 14.2. The largest absolute Gasteiger partial charge is 0.383 e. The molecule has 0 bridgehead atoms. The molecule has 1 saturated carbocycles. The maximum absolute atomic E-state index is 12.6. The lowest BCUT2D eigenvalue weighted by atomic mass is 10.2. The van der Waals surface area contributed by atoms with E-state index in [0.717, 1.165) is 19.1 Å². The Labute approximate surface area is 124 Å². The first-order chi connectivity index (χ1) is 10.1. The minimum absolute atomic E-state index is 0.00201. The number of ether oxygens (including phenoxy) is 1. The van der Waals surface area contributed by atoms with Crippen molar-refractivity contribution in [3.63, 3.8) is 0 Å². The van der Waals surface area contributed by atoms with E-state index in [0.29, 0.717) is 33.8 Å². The topological polar surface area (TPSA) is 70.3 Å². The van der Waals surface area contributed by atoms with Gasteiger partial charge in [-0.05, 0) is 25.3 Å². The van der Waals surface area contributed by atoms with Crippen LogP contribution < -0.4 is 11.2 Å². The lowest BCUT2D eigenvalue weighted by molar-refractivity contribution is 0.112. The summed E-state index contributed by atoms with van der Waals surface area (Å²) in [4.78, 5) is 37.4. The van der Waals surface area contributed by atoms with Gasteiger partial charge in [-0.3, -0.25) is 18.7 Å². The average molecular weight is 308 g/mol. The molecule has 0 radical (unpaired) electrons. The maximum atomic E-state index is 12.6. The van der Waals surface area contributed by atoms with Crippen LogP contribution >= 0.6 is 11.3 Å². The Hall–Kier alpha value is -1.73. The van der Waals surface area contributed by atoms with Gasteiger partial charge >= 0.3 is 5.69 Å². The summed E-state index contributed by atoms with van der Waals surface area (Å²) < 4.78 is 7.95. The third-order valence-electron chi connectivity index (χ3n) is 3.82. The van der Waals surface area contributed by atoms with E-state index < -0.39 is 0 Å². The zero-order chi connectivity index (χ0) is 15.1. The van der Waals surface area contributed by atoms with Crippen molar-refractivity contribution in [2.45, 2.75) is 32.4 Å². The van der Waals surface area contributed by atoms with Crippen LogP contribution in [-0.4, -0.2) is 29.1 Å². The first-order valence-corrected chi connectivity index (χ1v) is 7.64. The van der Waals surface area contributed by atoms with Gasteiger partial charge in [0.2, 0.25) is 0 Å². The summed E-state index contributed by atoms with van der Waals surface area (Å²) in [6.07, 6.45) is 2.45. The molecule has 0 amide bonds. The van der Waals surface area contributed by atoms with Gasteiger partial charge in [0.05, 0.1) is 23.4 Å². The molecule has 21 heavy (non-hydrogen) atoms. The van der Waals surface area contributed by atoms with Crippen LogP contribution in [0.4, 0.5) is 0 Å². The molecular formula is C14H16N2O4S. The zero-order valence-corrected chi connectivity index (χ0v) is 12.7. The molecule has 1 fully saturated rings. The summed E-state index contributed by atoms with van der Waals surface area (Å²) >= 11 is 1.20. The van der Waals surface area contributed by atoms with Crippen molar-refractivity contribution in [1.82, 2.24) is 9.13 Å². The SMILES string of the molecule is COCCn1c(=O)n(C2CC2)c(=O)c2c(C)c(C=O)sc21. The summed E-state index contributed by atoms with van der Waals surface area (Å²) in [5.41, 5.74) is 0.0920. The summed E-state index contributed by atoms with van der Waals surface area (Å²) in [6.45, 7) is 2.51. The molecule has 0 saturated heterocycles. The molecule has 0 N–H and O–H groups in total. The Kier molecular flexibility index (Phi) is 3.54. The predicted molar refractivity (Wildman–Crippen MR) is 80.6 cm³/mol. The van der Waals surface area contributed by atoms with E-state index in [9.17, 15) is 14.4 Å². The van der Waals surface area contributed by atoms with Crippen LogP contribution in [0.25, 0.3) is 10.2 Å². The molecule has 6 nitrogen and oxygen atoms in total. The third-order valence-corrected chi connectivity index (χ3v) is 5.06. The molecule has 2 aromatic heterocycles. The average Bonchev–Trinajstić information content (AvgIpc) is 3.22. The zero-order valence-electron chi connectivity index (χ0n) is 11.9. The molecule has 0 aromatic carbocycles. The summed E-state index contributed by atoms with van der Waals surface area (Å²) in [6, 6.07) is 0.00201. The Balaban J connectivity index is 2.39. The molecule has 2 heterocycles. The highest BCUT2D eigenvalue weighted by Crippen LogP contribution is 2.33. The van der Waals surface area contributed by atoms with Crippen molar-refractivity contribution in [2.75, 3.05) is 13.7 Å². The number of methoxy groups -OCH3 is 1. The van der Waals surface area contributed by atoms with Crippen molar-refractivity contribution in [1.29, 1.82) is 0 Å². The lowest BCUT2D eigenvalue weighted by Crippen LogP contribution is -2.39. The number of nitrogens with zero attached hydrogens (tertiary/aromatic N) is 2. The van der Waals surface area contributed by atoms with Crippen LogP contribution in [0.1, 0.15) is 34.1 Å². The van der Waals surface area contributed by atoms with Crippen LogP contribution in [0.2, 0.25) is 0 Å². The fourth-order valence-corrected chi connectivity index (χ4v) is 3.66. The van der Waals surface area contributed by atoms with Gasteiger partial charge in [-0.25, -0.2) is 4.79 Å². The Morgan fingerprint density at radius 2 is 2.10 bits per heavy atom. The number of aldehydes is 1. The van der Waals surface area contributed by atoms with Crippen LogP contribution in [-0.2, 0) is 11.3 Å². The molecule has 0 atom stereocenters. The summed E-state index contributed by atoms with van der Waals surface area (Å²) in [5.74, 6) is 0. The van der Waals surface area contributed by atoms with Crippen LogP contribution in [0.5, 0.6) is 0 Å². The molecule has 1 aliphatic rings. The molecule has 1 aliphatic carbocycles. The van der Waals surface area contributed by atoms with Crippen LogP contribution in [0, 0.1) is 6.92 Å². The minimum Gasteiger partial charge on any atom is -0.383 e. The van der Waals surface area contributed by atoms with E-state index in [2.05, 4.69) is 0 Å². The van der Waals surface area contributed by atoms with E-state index in [4.69, 9.17) is 4.74 Å². The number of rotatable bonds is 5. The lowest BCUT2D eigenvalue weighted by Gasteiger charge is -2.11. The van der Waals surface area contributed by atoms with E-state index in [-0.39, 0.29) is 17.3 Å². The standard InChI is InChI=1S/C14H16N2O4S/c1-8-10(7-17)21-13-11(8)12(18)16(9-3-4-9)14(19)15(13)5-6-20-2/h7,9H,3-6H2,1-2H3. The predicted octanol–water partition coefficient (Wildman–Crippen LogP) is 1.33. The number of thiophene rings is 1. The molecule has 0 unspecified atom stereocenters. The van der Waals surface area contributed by atoms with Crippen molar-refractivity contribution in [3.8, 4) is 0 Å². The maximum Gasteiger partial charge on any atom is 0.332 e. The van der Waals surface area contributed by atoms with Crippen molar-refractivity contribution in [2.24, 2.45) is 0 Å². The van der Waals surface area contributed by atoms with Gasteiger partial charge < -0.3 is 4.74 Å². The normalized spacial score (nSPS) is 14.8. The number of hydrogen-bond acceptors (Lipinski definition) is 5. The van der Waals surface area contributed by atoms with Crippen LogP contribution in [0.15, 0.2) is 9.59 Å². The highest BCUT2D eigenvalue weighted by Gasteiger charge is 2.30. The Morgan fingerprint density at radius 1 is 1.38 bits per heavy atom. The number of fused-ring (bicyclic) bond motifs is 1. The van der Waals surface area contributed by atoms with Gasteiger partial charge in [-0.2, -0.15) is 0 Å².